The van der Waals surface area contributed by atoms with Gasteiger partial charge in [0.2, 0.25) is 5.91 Å². The first kappa shape index (κ1) is 20.7. The Morgan fingerprint density at radius 1 is 1.39 bits per heavy atom. The van der Waals surface area contributed by atoms with Crippen molar-refractivity contribution in [1.82, 2.24) is 9.88 Å². The Bertz CT molecular complexity index is 814. The second-order valence-corrected chi connectivity index (χ2v) is 8.83. The van der Waals surface area contributed by atoms with Gasteiger partial charge in [-0.15, -0.1) is 11.3 Å². The number of hydrogen-bond donors (Lipinski definition) is 1. The minimum atomic E-state index is -0.317. The van der Waals surface area contributed by atoms with E-state index in [0.717, 1.165) is 43.2 Å². The second kappa shape index (κ2) is 9.01. The average Bonchev–Trinajstić information content (AvgIpc) is 3.06. The predicted molar refractivity (Wildman–Crippen MR) is 113 cm³/mol. The van der Waals surface area contributed by atoms with Crippen LogP contribution in [0.5, 0.6) is 0 Å². The SMILES string of the molecule is Cc1nc(CN2CCC(C(=O)Nc3ccc(N(C)C(C)C)c(F)c3)CC2)cs1. The van der Waals surface area contributed by atoms with Gasteiger partial charge in [-0.1, -0.05) is 0 Å². The van der Waals surface area contributed by atoms with Gasteiger partial charge in [0, 0.05) is 36.6 Å². The smallest absolute Gasteiger partial charge is 0.227 e. The molecule has 0 unspecified atom stereocenters. The molecule has 5 nitrogen and oxygen atoms in total. The van der Waals surface area contributed by atoms with E-state index < -0.39 is 0 Å². The van der Waals surface area contributed by atoms with Gasteiger partial charge in [0.15, 0.2) is 0 Å². The first-order valence-electron chi connectivity index (χ1n) is 9.80. The maximum Gasteiger partial charge on any atom is 0.227 e. The number of anilines is 2. The maximum atomic E-state index is 14.4. The number of nitrogens with zero attached hydrogens (tertiary/aromatic N) is 3. The number of halogens is 1. The Labute approximate surface area is 170 Å². The molecule has 7 heteroatoms. The number of benzene rings is 1. The van der Waals surface area contributed by atoms with Gasteiger partial charge in [-0.05, 0) is 64.9 Å². The van der Waals surface area contributed by atoms with E-state index in [1.807, 2.05) is 32.7 Å². The van der Waals surface area contributed by atoms with Gasteiger partial charge in [0.05, 0.1) is 16.4 Å². The topological polar surface area (TPSA) is 48.5 Å². The van der Waals surface area contributed by atoms with Crippen LogP contribution in [0.2, 0.25) is 0 Å². The molecule has 0 bridgehead atoms. The fourth-order valence-electron chi connectivity index (χ4n) is 3.46. The molecule has 1 saturated heterocycles. The van der Waals surface area contributed by atoms with Gasteiger partial charge in [-0.2, -0.15) is 0 Å². The number of likely N-dealkylation sites (tertiary alicyclic amines) is 1. The lowest BCUT2D eigenvalue weighted by Gasteiger charge is -2.30. The van der Waals surface area contributed by atoms with Crippen LogP contribution in [-0.2, 0) is 11.3 Å². The minimum absolute atomic E-state index is 0.0199. The Hall–Kier alpha value is -1.99. The maximum absolute atomic E-state index is 14.4. The fourth-order valence-corrected chi connectivity index (χ4v) is 4.06. The first-order valence-corrected chi connectivity index (χ1v) is 10.7. The van der Waals surface area contributed by atoms with Crippen LogP contribution < -0.4 is 10.2 Å². The van der Waals surface area contributed by atoms with Crippen molar-refractivity contribution in [3.05, 3.63) is 40.1 Å². The van der Waals surface area contributed by atoms with Crippen LogP contribution in [0.25, 0.3) is 0 Å². The minimum Gasteiger partial charge on any atom is -0.370 e. The molecule has 0 spiro atoms. The summed E-state index contributed by atoms with van der Waals surface area (Å²) in [5.74, 6) is -0.370. The van der Waals surface area contributed by atoms with Gasteiger partial charge < -0.3 is 10.2 Å². The molecule has 1 N–H and O–H groups in total. The lowest BCUT2D eigenvalue weighted by Crippen LogP contribution is -2.37. The molecule has 2 aromatic rings. The number of carbonyl (C=O) groups excluding carboxylic acids is 1. The number of amides is 1. The van der Waals surface area contributed by atoms with Crippen molar-refractivity contribution in [2.75, 3.05) is 30.4 Å². The van der Waals surface area contributed by atoms with Gasteiger partial charge in [0.25, 0.3) is 0 Å². The van der Waals surface area contributed by atoms with Crippen LogP contribution in [0.15, 0.2) is 23.6 Å². The summed E-state index contributed by atoms with van der Waals surface area (Å²) in [6.07, 6.45) is 1.62. The van der Waals surface area contributed by atoms with Gasteiger partial charge >= 0.3 is 0 Å². The number of rotatable bonds is 6. The van der Waals surface area contributed by atoms with E-state index in [4.69, 9.17) is 0 Å². The number of thiazole rings is 1. The lowest BCUT2D eigenvalue weighted by molar-refractivity contribution is -0.121. The zero-order chi connectivity index (χ0) is 20.3. The van der Waals surface area contributed by atoms with Crippen molar-refractivity contribution >= 4 is 28.6 Å². The number of piperidine rings is 1. The highest BCUT2D eigenvalue weighted by Gasteiger charge is 2.25. The van der Waals surface area contributed by atoms with Crippen LogP contribution in [0.4, 0.5) is 15.8 Å². The number of hydrogen-bond acceptors (Lipinski definition) is 5. The Morgan fingerprint density at radius 2 is 2.11 bits per heavy atom. The van der Waals surface area contributed by atoms with Crippen molar-refractivity contribution < 1.29 is 9.18 Å². The molecule has 1 aliphatic heterocycles. The number of nitrogens with one attached hydrogen (secondary N) is 1. The summed E-state index contributed by atoms with van der Waals surface area (Å²) in [6.45, 7) is 8.63. The van der Waals surface area contributed by atoms with Gasteiger partial charge in [-0.25, -0.2) is 9.37 Å². The van der Waals surface area contributed by atoms with Crippen molar-refractivity contribution in [3.8, 4) is 0 Å². The Kier molecular flexibility index (Phi) is 6.67. The van der Waals surface area contributed by atoms with E-state index in [1.165, 1.54) is 6.07 Å². The third-order valence-electron chi connectivity index (χ3n) is 5.38. The molecule has 0 saturated carbocycles. The number of carbonyl (C=O) groups is 1. The molecule has 1 aromatic carbocycles. The number of aryl methyl sites for hydroxylation is 1. The summed E-state index contributed by atoms with van der Waals surface area (Å²) >= 11 is 1.67. The van der Waals surface area contributed by atoms with Crippen molar-refractivity contribution in [2.24, 2.45) is 5.92 Å². The summed E-state index contributed by atoms with van der Waals surface area (Å²) in [7, 11) is 1.86. The van der Waals surface area contributed by atoms with Crippen LogP contribution in [0.3, 0.4) is 0 Å². The molecule has 0 radical (unpaired) electrons. The van der Waals surface area contributed by atoms with Crippen molar-refractivity contribution in [1.29, 1.82) is 0 Å². The van der Waals surface area contributed by atoms with Crippen molar-refractivity contribution in [3.63, 3.8) is 0 Å². The average molecular weight is 405 g/mol. The molecule has 0 atom stereocenters. The molecule has 1 fully saturated rings. The predicted octanol–water partition coefficient (Wildman–Crippen LogP) is 4.29. The van der Waals surface area contributed by atoms with Crippen molar-refractivity contribution in [2.45, 2.75) is 46.2 Å². The summed E-state index contributed by atoms with van der Waals surface area (Å²) in [5.41, 5.74) is 2.16. The fraction of sp³-hybridized carbons (Fsp3) is 0.524. The van der Waals surface area contributed by atoms with E-state index in [9.17, 15) is 9.18 Å². The second-order valence-electron chi connectivity index (χ2n) is 7.77. The molecule has 1 aliphatic rings. The molecule has 0 aliphatic carbocycles. The Balaban J connectivity index is 1.52. The normalized spacial score (nSPS) is 15.8. The molecule has 3 rings (SSSR count). The van der Waals surface area contributed by atoms with E-state index >= 15 is 0 Å². The molecular weight excluding hydrogens is 375 g/mol. The Morgan fingerprint density at radius 3 is 2.68 bits per heavy atom. The number of aromatic nitrogens is 1. The molecule has 152 valence electrons. The summed E-state index contributed by atoms with van der Waals surface area (Å²) in [5, 5.41) is 6.07. The van der Waals surface area contributed by atoms with E-state index in [2.05, 4.69) is 20.6 Å². The molecule has 1 aromatic heterocycles. The summed E-state index contributed by atoms with van der Waals surface area (Å²) in [6, 6.07) is 5.11. The van der Waals surface area contributed by atoms with E-state index in [-0.39, 0.29) is 23.7 Å². The zero-order valence-corrected chi connectivity index (χ0v) is 17.9. The molecule has 1 amide bonds. The van der Waals surface area contributed by atoms with E-state index in [1.54, 1.807) is 23.5 Å². The highest BCUT2D eigenvalue weighted by molar-refractivity contribution is 7.09. The first-order chi connectivity index (χ1) is 13.3. The van der Waals surface area contributed by atoms with Crippen LogP contribution in [0, 0.1) is 18.7 Å². The summed E-state index contributed by atoms with van der Waals surface area (Å²) < 4.78 is 14.4. The van der Waals surface area contributed by atoms with Crippen LogP contribution in [-0.4, -0.2) is 42.0 Å². The zero-order valence-electron chi connectivity index (χ0n) is 17.0. The monoisotopic (exact) mass is 404 g/mol. The molecule has 28 heavy (non-hydrogen) atoms. The largest absolute Gasteiger partial charge is 0.370 e. The lowest BCUT2D eigenvalue weighted by atomic mass is 9.95. The van der Waals surface area contributed by atoms with Gasteiger partial charge in [-0.3, -0.25) is 9.69 Å². The third-order valence-corrected chi connectivity index (χ3v) is 6.20. The van der Waals surface area contributed by atoms with E-state index in [0.29, 0.717) is 11.4 Å². The summed E-state index contributed by atoms with van der Waals surface area (Å²) in [4.78, 5) is 21.3. The van der Waals surface area contributed by atoms with Gasteiger partial charge in [0.1, 0.15) is 5.82 Å². The molecule has 2 heterocycles. The van der Waals surface area contributed by atoms with Crippen LogP contribution >= 0.6 is 11.3 Å². The van der Waals surface area contributed by atoms with Crippen LogP contribution in [0.1, 0.15) is 37.4 Å². The molecular formula is C21H29FN4OS. The standard InChI is InChI=1S/C21H29FN4OS/c1-14(2)25(4)20-6-5-17(11-19(20)22)24-21(27)16-7-9-26(10-8-16)12-18-13-28-15(3)23-18/h5-6,11,13-14,16H,7-10,12H2,1-4H3,(H,24,27). The third kappa shape index (κ3) is 5.08. The highest BCUT2D eigenvalue weighted by atomic mass is 32.1. The highest BCUT2D eigenvalue weighted by Crippen LogP contribution is 2.25. The quantitative estimate of drug-likeness (QED) is 0.780.